The number of rotatable bonds is 2. The Hall–Kier alpha value is -0.650. The van der Waals surface area contributed by atoms with Crippen LogP contribution in [0.3, 0.4) is 0 Å². The molecule has 2 saturated heterocycles. The molecule has 2 unspecified atom stereocenters. The van der Waals surface area contributed by atoms with Crippen molar-refractivity contribution in [1.29, 1.82) is 0 Å². The van der Waals surface area contributed by atoms with E-state index in [0.717, 1.165) is 25.8 Å². The fourth-order valence-corrected chi connectivity index (χ4v) is 2.53. The molecule has 1 amide bonds. The van der Waals surface area contributed by atoms with Crippen molar-refractivity contribution in [2.24, 2.45) is 5.73 Å². The van der Waals surface area contributed by atoms with Crippen LogP contribution in [0.25, 0.3) is 0 Å². The lowest BCUT2D eigenvalue weighted by molar-refractivity contribution is -0.160. The van der Waals surface area contributed by atoms with E-state index in [9.17, 15) is 4.79 Å². The fourth-order valence-electron chi connectivity index (χ4n) is 2.53. The predicted molar refractivity (Wildman–Crippen MR) is 63.6 cm³/mol. The summed E-state index contributed by atoms with van der Waals surface area (Å²) in [6.07, 6.45) is 4.00. The molecule has 2 atom stereocenters. The van der Waals surface area contributed by atoms with E-state index >= 15 is 0 Å². The molecule has 5 nitrogen and oxygen atoms in total. The van der Waals surface area contributed by atoms with Crippen LogP contribution in [0.5, 0.6) is 0 Å². The molecule has 2 rings (SSSR count). The molecular formula is C12H22N2O3. The second-order valence-electron chi connectivity index (χ2n) is 4.70. The van der Waals surface area contributed by atoms with Crippen molar-refractivity contribution < 1.29 is 14.3 Å². The third-order valence-electron chi connectivity index (χ3n) is 3.52. The van der Waals surface area contributed by atoms with Gasteiger partial charge in [-0.3, -0.25) is 4.79 Å². The Kier molecular flexibility index (Phi) is 4.76. The fraction of sp³-hybridized carbons (Fsp3) is 0.917. The zero-order valence-electron chi connectivity index (χ0n) is 10.3. The van der Waals surface area contributed by atoms with Crippen molar-refractivity contribution in [3.05, 3.63) is 0 Å². The van der Waals surface area contributed by atoms with Crippen molar-refractivity contribution in [3.63, 3.8) is 0 Å². The summed E-state index contributed by atoms with van der Waals surface area (Å²) < 4.78 is 10.8. The molecule has 2 N–H and O–H groups in total. The second-order valence-corrected chi connectivity index (χ2v) is 4.70. The van der Waals surface area contributed by atoms with Crippen LogP contribution in [-0.2, 0) is 14.3 Å². The molecule has 2 fully saturated rings. The third-order valence-corrected chi connectivity index (χ3v) is 3.52. The Morgan fingerprint density at radius 1 is 1.29 bits per heavy atom. The van der Waals surface area contributed by atoms with Gasteiger partial charge in [-0.15, -0.1) is 0 Å². The number of amides is 1. The molecule has 2 heterocycles. The first kappa shape index (κ1) is 12.8. The lowest BCUT2D eigenvalue weighted by Crippen LogP contribution is -2.51. The number of ether oxygens (including phenoxy) is 2. The highest BCUT2D eigenvalue weighted by molar-refractivity contribution is 5.81. The Morgan fingerprint density at radius 3 is 2.88 bits per heavy atom. The van der Waals surface area contributed by atoms with E-state index in [1.54, 1.807) is 0 Å². The molecule has 0 aliphatic carbocycles. The molecule has 0 aromatic heterocycles. The molecule has 5 heteroatoms. The van der Waals surface area contributed by atoms with Gasteiger partial charge in [-0.05, 0) is 12.8 Å². The Balaban J connectivity index is 1.98. The summed E-state index contributed by atoms with van der Waals surface area (Å²) in [5.41, 5.74) is 5.76. The summed E-state index contributed by atoms with van der Waals surface area (Å²) in [5.74, 6) is 0.0575. The summed E-state index contributed by atoms with van der Waals surface area (Å²) in [5, 5.41) is 0. The third kappa shape index (κ3) is 3.18. The highest BCUT2D eigenvalue weighted by Crippen LogP contribution is 2.18. The van der Waals surface area contributed by atoms with E-state index in [2.05, 4.69) is 0 Å². The van der Waals surface area contributed by atoms with Gasteiger partial charge >= 0.3 is 0 Å². The Morgan fingerprint density at radius 2 is 2.18 bits per heavy atom. The summed E-state index contributed by atoms with van der Waals surface area (Å²) in [7, 11) is 0. The van der Waals surface area contributed by atoms with Gasteiger partial charge in [0.05, 0.1) is 19.8 Å². The number of carbonyl (C=O) groups is 1. The van der Waals surface area contributed by atoms with Gasteiger partial charge in [0.1, 0.15) is 0 Å². The van der Waals surface area contributed by atoms with Crippen LogP contribution < -0.4 is 5.73 Å². The number of nitrogens with zero attached hydrogens (tertiary/aromatic N) is 1. The predicted octanol–water partition coefficient (Wildman–Crippen LogP) is 0.132. The van der Waals surface area contributed by atoms with Gasteiger partial charge in [-0.2, -0.15) is 0 Å². The molecule has 2 aliphatic rings. The van der Waals surface area contributed by atoms with E-state index in [0.29, 0.717) is 26.4 Å². The summed E-state index contributed by atoms with van der Waals surface area (Å²) >= 11 is 0. The van der Waals surface area contributed by atoms with E-state index in [1.807, 2.05) is 4.90 Å². The van der Waals surface area contributed by atoms with Crippen LogP contribution in [0, 0.1) is 0 Å². The van der Waals surface area contributed by atoms with Crippen molar-refractivity contribution in [1.82, 2.24) is 4.90 Å². The SMILES string of the molecule is NCC1CCCCCN1C(=O)C1COCCO1. The zero-order valence-corrected chi connectivity index (χ0v) is 10.3. The lowest BCUT2D eigenvalue weighted by Gasteiger charge is -2.33. The summed E-state index contributed by atoms with van der Waals surface area (Å²) in [6, 6.07) is 0.176. The van der Waals surface area contributed by atoms with E-state index in [-0.39, 0.29) is 11.9 Å². The number of hydrogen-bond acceptors (Lipinski definition) is 4. The number of hydrogen-bond donors (Lipinski definition) is 1. The van der Waals surface area contributed by atoms with Crippen LogP contribution in [0.1, 0.15) is 25.7 Å². The molecular weight excluding hydrogens is 220 g/mol. The average molecular weight is 242 g/mol. The van der Waals surface area contributed by atoms with Gasteiger partial charge in [0.15, 0.2) is 6.10 Å². The Bertz CT molecular complexity index is 254. The highest BCUT2D eigenvalue weighted by Gasteiger charge is 2.31. The molecule has 2 aliphatic heterocycles. The van der Waals surface area contributed by atoms with E-state index in [1.165, 1.54) is 6.42 Å². The maximum absolute atomic E-state index is 12.3. The summed E-state index contributed by atoms with van der Waals surface area (Å²) in [6.45, 7) is 2.83. The second kappa shape index (κ2) is 6.33. The maximum atomic E-state index is 12.3. The molecule has 0 radical (unpaired) electrons. The van der Waals surface area contributed by atoms with Crippen molar-refractivity contribution >= 4 is 5.91 Å². The van der Waals surface area contributed by atoms with Crippen molar-refractivity contribution in [2.75, 3.05) is 32.9 Å². The average Bonchev–Trinajstić information content (AvgIpc) is 2.64. The minimum absolute atomic E-state index is 0.0575. The van der Waals surface area contributed by atoms with E-state index in [4.69, 9.17) is 15.2 Å². The number of likely N-dealkylation sites (tertiary alicyclic amines) is 1. The first-order chi connectivity index (χ1) is 8.33. The maximum Gasteiger partial charge on any atom is 0.254 e. The molecule has 17 heavy (non-hydrogen) atoms. The first-order valence-electron chi connectivity index (χ1n) is 6.53. The topological polar surface area (TPSA) is 64.8 Å². The van der Waals surface area contributed by atoms with Crippen LogP contribution in [0.2, 0.25) is 0 Å². The van der Waals surface area contributed by atoms with Crippen LogP contribution in [-0.4, -0.2) is 55.9 Å². The molecule has 98 valence electrons. The molecule has 0 aromatic carbocycles. The molecule has 0 spiro atoms. The van der Waals surface area contributed by atoms with Gasteiger partial charge in [0.2, 0.25) is 0 Å². The van der Waals surface area contributed by atoms with Gasteiger partial charge in [-0.25, -0.2) is 0 Å². The van der Waals surface area contributed by atoms with Crippen LogP contribution in [0.4, 0.5) is 0 Å². The molecule has 0 aromatic rings. The lowest BCUT2D eigenvalue weighted by atomic mass is 10.1. The van der Waals surface area contributed by atoms with Crippen molar-refractivity contribution in [3.8, 4) is 0 Å². The van der Waals surface area contributed by atoms with E-state index < -0.39 is 6.10 Å². The molecule has 0 saturated carbocycles. The van der Waals surface area contributed by atoms with Gasteiger partial charge in [0, 0.05) is 19.1 Å². The van der Waals surface area contributed by atoms with Crippen molar-refractivity contribution in [2.45, 2.75) is 37.8 Å². The van der Waals surface area contributed by atoms with Crippen LogP contribution >= 0.6 is 0 Å². The zero-order chi connectivity index (χ0) is 12.1. The number of nitrogens with two attached hydrogens (primary N) is 1. The summed E-state index contributed by atoms with van der Waals surface area (Å²) in [4.78, 5) is 14.2. The highest BCUT2D eigenvalue weighted by atomic mass is 16.6. The minimum atomic E-state index is -0.420. The smallest absolute Gasteiger partial charge is 0.254 e. The minimum Gasteiger partial charge on any atom is -0.376 e. The van der Waals surface area contributed by atoms with Crippen LogP contribution in [0.15, 0.2) is 0 Å². The van der Waals surface area contributed by atoms with Gasteiger partial charge in [0.25, 0.3) is 5.91 Å². The monoisotopic (exact) mass is 242 g/mol. The Labute approximate surface area is 102 Å². The normalized spacial score (nSPS) is 31.0. The quantitative estimate of drug-likeness (QED) is 0.747. The number of carbonyl (C=O) groups excluding carboxylic acids is 1. The first-order valence-corrected chi connectivity index (χ1v) is 6.53. The largest absolute Gasteiger partial charge is 0.376 e. The van der Waals surface area contributed by atoms with Gasteiger partial charge < -0.3 is 20.1 Å². The molecule has 0 bridgehead atoms. The van der Waals surface area contributed by atoms with Gasteiger partial charge in [-0.1, -0.05) is 12.8 Å². The standard InChI is InChI=1S/C12H22N2O3/c13-8-10-4-2-1-3-5-14(10)12(15)11-9-16-6-7-17-11/h10-11H,1-9,13H2.